The molecule has 47 heavy (non-hydrogen) atoms. The minimum absolute atomic E-state index is 0.0478. The number of para-hydroxylation sites is 3. The standard InChI is InChI=1S/C44H35BN2/c1-44(2,3)32-28-41-43-42(29-32)47(34-19-8-5-9-20-34)40-27-31(36-22-14-16-30-15-10-11-21-35(30)36)25-26-38(40)45(43)37-23-12-13-24-39(37)46(41)33-17-6-4-7-18-33/h4-29H,1-3H3. The molecular weight excluding hydrogens is 567 g/mol. The number of rotatable bonds is 3. The Balaban J connectivity index is 1.39. The first-order chi connectivity index (χ1) is 23.0. The second kappa shape index (κ2) is 10.5. The van der Waals surface area contributed by atoms with Crippen LogP contribution in [-0.4, -0.2) is 6.71 Å². The summed E-state index contributed by atoms with van der Waals surface area (Å²) < 4.78 is 0. The number of nitrogens with zero attached hydrogens (tertiary/aromatic N) is 2. The molecule has 0 unspecified atom stereocenters. The van der Waals surface area contributed by atoms with Gasteiger partial charge in [-0.3, -0.25) is 0 Å². The molecule has 224 valence electrons. The van der Waals surface area contributed by atoms with Gasteiger partial charge in [0.2, 0.25) is 0 Å². The van der Waals surface area contributed by atoms with Gasteiger partial charge in [-0.15, -0.1) is 0 Å². The predicted molar refractivity (Wildman–Crippen MR) is 202 cm³/mol. The quantitative estimate of drug-likeness (QED) is 0.186. The lowest BCUT2D eigenvalue weighted by Gasteiger charge is -2.45. The van der Waals surface area contributed by atoms with Crippen LogP contribution < -0.4 is 26.2 Å². The second-order valence-corrected chi connectivity index (χ2v) is 13.8. The molecule has 0 N–H and O–H groups in total. The van der Waals surface area contributed by atoms with Crippen molar-refractivity contribution in [3.63, 3.8) is 0 Å². The molecule has 0 bridgehead atoms. The zero-order valence-corrected chi connectivity index (χ0v) is 27.0. The Morgan fingerprint density at radius 1 is 0.468 bits per heavy atom. The molecule has 0 atom stereocenters. The molecule has 2 aliphatic rings. The van der Waals surface area contributed by atoms with Crippen molar-refractivity contribution in [1.29, 1.82) is 0 Å². The number of benzene rings is 7. The summed E-state index contributed by atoms with van der Waals surface area (Å²) in [5.74, 6) is 0. The zero-order valence-electron chi connectivity index (χ0n) is 27.0. The molecule has 2 nitrogen and oxygen atoms in total. The molecule has 7 aromatic carbocycles. The van der Waals surface area contributed by atoms with Crippen molar-refractivity contribution >= 4 is 68.0 Å². The van der Waals surface area contributed by atoms with Crippen LogP contribution >= 0.6 is 0 Å². The highest BCUT2D eigenvalue weighted by Gasteiger charge is 2.44. The molecule has 0 fully saturated rings. The van der Waals surface area contributed by atoms with Crippen LogP contribution in [0.25, 0.3) is 21.9 Å². The third-order valence-corrected chi connectivity index (χ3v) is 9.97. The van der Waals surface area contributed by atoms with E-state index in [4.69, 9.17) is 0 Å². The second-order valence-electron chi connectivity index (χ2n) is 13.8. The van der Waals surface area contributed by atoms with E-state index in [1.165, 1.54) is 78.0 Å². The molecule has 7 aromatic rings. The average molecular weight is 603 g/mol. The number of hydrogen-bond donors (Lipinski definition) is 0. The molecule has 3 heteroatoms. The molecule has 0 amide bonds. The molecule has 0 aliphatic carbocycles. The van der Waals surface area contributed by atoms with Crippen LogP contribution in [-0.2, 0) is 5.41 Å². The summed E-state index contributed by atoms with van der Waals surface area (Å²) in [5, 5.41) is 2.53. The minimum atomic E-state index is -0.0478. The van der Waals surface area contributed by atoms with E-state index >= 15 is 0 Å². The fourth-order valence-corrected chi connectivity index (χ4v) is 7.73. The Kier molecular flexibility index (Phi) is 6.20. The van der Waals surface area contributed by atoms with Crippen LogP contribution in [0, 0.1) is 0 Å². The molecule has 2 heterocycles. The highest BCUT2D eigenvalue weighted by Crippen LogP contribution is 2.46. The van der Waals surface area contributed by atoms with E-state index in [1.807, 2.05) is 0 Å². The molecule has 0 radical (unpaired) electrons. The summed E-state index contributed by atoms with van der Waals surface area (Å²) >= 11 is 0. The van der Waals surface area contributed by atoms with E-state index in [0.717, 1.165) is 0 Å². The summed E-state index contributed by atoms with van der Waals surface area (Å²) in [6.45, 7) is 7.07. The van der Waals surface area contributed by atoms with Crippen molar-refractivity contribution in [2.24, 2.45) is 0 Å². The Hall–Kier alpha value is -5.54. The summed E-state index contributed by atoms with van der Waals surface area (Å²) in [5.41, 5.74) is 15.1. The Bertz CT molecular complexity index is 2300. The van der Waals surface area contributed by atoms with Gasteiger partial charge in [-0.2, -0.15) is 0 Å². The highest BCUT2D eigenvalue weighted by molar-refractivity contribution is 7.00. The van der Waals surface area contributed by atoms with Crippen molar-refractivity contribution in [3.05, 3.63) is 163 Å². The molecule has 2 aliphatic heterocycles. The van der Waals surface area contributed by atoms with E-state index in [0.29, 0.717) is 0 Å². The summed E-state index contributed by atoms with van der Waals surface area (Å²) in [4.78, 5) is 5.00. The number of fused-ring (bicyclic) bond motifs is 5. The largest absolute Gasteiger partial charge is 0.311 e. The molecule has 0 aromatic heterocycles. The van der Waals surface area contributed by atoms with Gasteiger partial charge in [0, 0.05) is 34.1 Å². The van der Waals surface area contributed by atoms with Gasteiger partial charge in [-0.1, -0.05) is 130 Å². The van der Waals surface area contributed by atoms with Gasteiger partial charge < -0.3 is 9.80 Å². The summed E-state index contributed by atoms with van der Waals surface area (Å²) in [7, 11) is 0. The van der Waals surface area contributed by atoms with Crippen LogP contribution in [0.1, 0.15) is 26.3 Å². The molecular formula is C44H35BN2. The van der Waals surface area contributed by atoms with Gasteiger partial charge in [0.25, 0.3) is 6.71 Å². The topological polar surface area (TPSA) is 6.48 Å². The van der Waals surface area contributed by atoms with Crippen molar-refractivity contribution in [1.82, 2.24) is 0 Å². The third-order valence-electron chi connectivity index (χ3n) is 9.97. The lowest BCUT2D eigenvalue weighted by Crippen LogP contribution is -2.61. The first kappa shape index (κ1) is 27.7. The Labute approximate surface area is 277 Å². The molecule has 0 saturated heterocycles. The SMILES string of the molecule is CC(C)(C)c1cc2c3c(c1)N(c1ccccc1)c1cc(-c4cccc5ccccc45)ccc1B3c1ccccc1N2c1ccccc1. The number of anilines is 6. The highest BCUT2D eigenvalue weighted by atomic mass is 15.2. The van der Waals surface area contributed by atoms with Crippen molar-refractivity contribution in [3.8, 4) is 11.1 Å². The van der Waals surface area contributed by atoms with Crippen LogP contribution in [0.4, 0.5) is 34.1 Å². The van der Waals surface area contributed by atoms with Crippen molar-refractivity contribution < 1.29 is 0 Å². The van der Waals surface area contributed by atoms with Gasteiger partial charge >= 0.3 is 0 Å². The van der Waals surface area contributed by atoms with Crippen LogP contribution in [0.2, 0.25) is 0 Å². The third kappa shape index (κ3) is 4.34. The van der Waals surface area contributed by atoms with Gasteiger partial charge in [-0.05, 0) is 97.8 Å². The minimum Gasteiger partial charge on any atom is -0.311 e. The van der Waals surface area contributed by atoms with E-state index in [9.17, 15) is 0 Å². The maximum Gasteiger partial charge on any atom is 0.252 e. The van der Waals surface area contributed by atoms with Crippen molar-refractivity contribution in [2.45, 2.75) is 26.2 Å². The molecule has 0 saturated carbocycles. The van der Waals surface area contributed by atoms with Crippen LogP contribution in [0.3, 0.4) is 0 Å². The predicted octanol–water partition coefficient (Wildman–Crippen LogP) is 9.89. The van der Waals surface area contributed by atoms with E-state index < -0.39 is 0 Å². The maximum absolute atomic E-state index is 2.52. The first-order valence-electron chi connectivity index (χ1n) is 16.6. The first-order valence-corrected chi connectivity index (χ1v) is 16.6. The Morgan fingerprint density at radius 2 is 1.04 bits per heavy atom. The van der Waals surface area contributed by atoms with Gasteiger partial charge in [0.15, 0.2) is 0 Å². The fourth-order valence-electron chi connectivity index (χ4n) is 7.73. The summed E-state index contributed by atoms with van der Waals surface area (Å²) in [6.07, 6.45) is 0. The monoisotopic (exact) mass is 602 g/mol. The van der Waals surface area contributed by atoms with Gasteiger partial charge in [0.05, 0.1) is 0 Å². The smallest absolute Gasteiger partial charge is 0.252 e. The van der Waals surface area contributed by atoms with Crippen molar-refractivity contribution in [2.75, 3.05) is 9.80 Å². The van der Waals surface area contributed by atoms with E-state index in [2.05, 4.69) is 188 Å². The van der Waals surface area contributed by atoms with E-state index in [-0.39, 0.29) is 12.1 Å². The lowest BCUT2D eigenvalue weighted by atomic mass is 9.33. The lowest BCUT2D eigenvalue weighted by molar-refractivity contribution is 0.590. The van der Waals surface area contributed by atoms with Crippen LogP contribution in [0.15, 0.2) is 158 Å². The zero-order chi connectivity index (χ0) is 31.7. The number of hydrogen-bond acceptors (Lipinski definition) is 2. The maximum atomic E-state index is 2.52. The molecule has 9 rings (SSSR count). The fraction of sp³-hybridized carbons (Fsp3) is 0.0909. The Morgan fingerprint density at radius 3 is 1.74 bits per heavy atom. The summed E-state index contributed by atoms with van der Waals surface area (Å²) in [6, 6.07) is 58.2. The van der Waals surface area contributed by atoms with Gasteiger partial charge in [0.1, 0.15) is 0 Å². The van der Waals surface area contributed by atoms with Gasteiger partial charge in [-0.25, -0.2) is 0 Å². The van der Waals surface area contributed by atoms with E-state index in [1.54, 1.807) is 0 Å². The normalized spacial score (nSPS) is 13.3. The average Bonchev–Trinajstić information content (AvgIpc) is 3.11. The molecule has 0 spiro atoms. The van der Waals surface area contributed by atoms with Crippen LogP contribution in [0.5, 0.6) is 0 Å².